The Morgan fingerprint density at radius 1 is 1.19 bits per heavy atom. The molecule has 4 nitrogen and oxygen atoms in total. The molecule has 3 rings (SSSR count). The Kier molecular flexibility index (Phi) is 5.94. The van der Waals surface area contributed by atoms with Gasteiger partial charge in [-0.25, -0.2) is 4.79 Å². The molecule has 1 amide bonds. The van der Waals surface area contributed by atoms with Gasteiger partial charge in [0.1, 0.15) is 0 Å². The summed E-state index contributed by atoms with van der Waals surface area (Å²) in [5, 5.41) is 0. The second-order valence-corrected chi connectivity index (χ2v) is 7.24. The number of hydrogen-bond donors (Lipinski definition) is 0. The van der Waals surface area contributed by atoms with E-state index in [1.165, 1.54) is 25.5 Å². The van der Waals surface area contributed by atoms with Crippen LogP contribution in [0.2, 0.25) is 0 Å². The van der Waals surface area contributed by atoms with Crippen molar-refractivity contribution >= 4 is 18.0 Å². The molecule has 0 radical (unpaired) electrons. The Labute approximate surface area is 161 Å². The number of nitrogens with zero attached hydrogens (tertiary/aromatic N) is 1. The van der Waals surface area contributed by atoms with Crippen molar-refractivity contribution in [2.45, 2.75) is 46.0 Å². The molecule has 0 bridgehead atoms. The highest BCUT2D eigenvalue weighted by Crippen LogP contribution is 2.32. The zero-order valence-electron chi connectivity index (χ0n) is 16.4. The molecule has 4 heteroatoms. The first-order chi connectivity index (χ1) is 13.0. The first-order valence-corrected chi connectivity index (χ1v) is 9.59. The zero-order valence-corrected chi connectivity index (χ0v) is 16.4. The van der Waals surface area contributed by atoms with Gasteiger partial charge in [-0.15, -0.1) is 0 Å². The quantitative estimate of drug-likeness (QED) is 0.437. The molecule has 0 spiro atoms. The molecule has 1 aliphatic heterocycles. The zero-order chi connectivity index (χ0) is 19.4. The van der Waals surface area contributed by atoms with E-state index < -0.39 is 5.97 Å². The normalized spacial score (nSPS) is 18.9. The van der Waals surface area contributed by atoms with E-state index in [-0.39, 0.29) is 5.91 Å². The average Bonchev–Trinajstić information content (AvgIpc) is 2.92. The lowest BCUT2D eigenvalue weighted by Gasteiger charge is -2.20. The van der Waals surface area contributed by atoms with Crippen molar-refractivity contribution in [1.29, 1.82) is 0 Å². The highest BCUT2D eigenvalue weighted by Gasteiger charge is 2.36. The Balaban J connectivity index is 1.88. The van der Waals surface area contributed by atoms with Gasteiger partial charge in [-0.05, 0) is 57.6 Å². The summed E-state index contributed by atoms with van der Waals surface area (Å²) in [6, 6.07) is 7.89. The Bertz CT molecular complexity index is 828. The average molecular weight is 365 g/mol. The predicted molar refractivity (Wildman–Crippen MR) is 107 cm³/mol. The summed E-state index contributed by atoms with van der Waals surface area (Å²) in [6.45, 7) is 4.45. The summed E-state index contributed by atoms with van der Waals surface area (Å²) in [4.78, 5) is 27.2. The number of carbonyl (C=O) groups excluding carboxylic acids is 2. The van der Waals surface area contributed by atoms with Crippen LogP contribution in [0.3, 0.4) is 0 Å². The van der Waals surface area contributed by atoms with Gasteiger partial charge in [0.15, 0.2) is 0 Å². The molecule has 0 fully saturated rings. The number of aryl methyl sites for hydroxylation is 1. The second-order valence-electron chi connectivity index (χ2n) is 7.24. The summed E-state index contributed by atoms with van der Waals surface area (Å²) in [5.41, 5.74) is 4.94. The van der Waals surface area contributed by atoms with Crippen LogP contribution in [0.5, 0.6) is 0 Å². The summed E-state index contributed by atoms with van der Waals surface area (Å²) in [7, 11) is 1.35. The van der Waals surface area contributed by atoms with E-state index in [0.29, 0.717) is 23.4 Å². The number of methoxy groups -OCH3 is 1. The van der Waals surface area contributed by atoms with Crippen molar-refractivity contribution < 1.29 is 14.3 Å². The smallest absolute Gasteiger partial charge is 0.340 e. The Morgan fingerprint density at radius 2 is 1.93 bits per heavy atom. The number of ether oxygens (including phenoxy) is 1. The fourth-order valence-electron chi connectivity index (χ4n) is 3.71. The highest BCUT2D eigenvalue weighted by atomic mass is 16.5. The number of hydrogen-bond acceptors (Lipinski definition) is 3. The molecule has 27 heavy (non-hydrogen) atoms. The molecule has 0 saturated carbocycles. The van der Waals surface area contributed by atoms with Gasteiger partial charge in [0.05, 0.1) is 18.3 Å². The van der Waals surface area contributed by atoms with Crippen molar-refractivity contribution in [3.05, 3.63) is 63.9 Å². The van der Waals surface area contributed by atoms with Crippen molar-refractivity contribution in [3.8, 4) is 0 Å². The third kappa shape index (κ3) is 4.21. The largest absolute Gasteiger partial charge is 0.465 e. The van der Waals surface area contributed by atoms with Gasteiger partial charge in [-0.1, -0.05) is 41.5 Å². The number of rotatable bonds is 5. The molecule has 0 aromatic heterocycles. The van der Waals surface area contributed by atoms with Crippen LogP contribution in [0.4, 0.5) is 0 Å². The third-order valence-electron chi connectivity index (χ3n) is 5.33. The van der Waals surface area contributed by atoms with E-state index >= 15 is 0 Å². The topological polar surface area (TPSA) is 46.6 Å². The first-order valence-electron chi connectivity index (χ1n) is 9.59. The number of benzene rings is 1. The van der Waals surface area contributed by atoms with Gasteiger partial charge < -0.3 is 9.64 Å². The van der Waals surface area contributed by atoms with Crippen LogP contribution >= 0.6 is 0 Å². The summed E-state index contributed by atoms with van der Waals surface area (Å²) in [6.07, 6.45) is 9.66. The molecule has 0 unspecified atom stereocenters. The first kappa shape index (κ1) is 19.2. The molecule has 0 atom stereocenters. The third-order valence-corrected chi connectivity index (χ3v) is 5.33. The molecular weight excluding hydrogens is 338 g/mol. The molecule has 142 valence electrons. The van der Waals surface area contributed by atoms with E-state index in [2.05, 4.69) is 6.08 Å². The van der Waals surface area contributed by atoms with Crippen molar-refractivity contribution in [3.63, 3.8) is 0 Å². The van der Waals surface area contributed by atoms with Crippen LogP contribution in [0, 0.1) is 6.92 Å². The van der Waals surface area contributed by atoms with Crippen molar-refractivity contribution in [2.24, 2.45) is 0 Å². The monoisotopic (exact) mass is 365 g/mol. The van der Waals surface area contributed by atoms with Crippen LogP contribution in [0.1, 0.15) is 50.2 Å². The van der Waals surface area contributed by atoms with E-state index in [0.717, 1.165) is 30.4 Å². The van der Waals surface area contributed by atoms with Gasteiger partial charge in [0.25, 0.3) is 5.91 Å². The van der Waals surface area contributed by atoms with Gasteiger partial charge in [-0.2, -0.15) is 0 Å². The second kappa shape index (κ2) is 8.38. The molecule has 1 aromatic rings. The van der Waals surface area contributed by atoms with E-state index in [4.69, 9.17) is 4.74 Å². The number of esters is 1. The Hall–Kier alpha value is -2.62. The molecule has 1 aliphatic carbocycles. The SMILES string of the molecule is COC(=O)C1=C(C)N(CCC2=CCCCC2)C(=O)/C1=C\c1ccc(C)cc1. The Morgan fingerprint density at radius 3 is 2.56 bits per heavy atom. The standard InChI is InChI=1S/C23H27NO3/c1-16-9-11-19(12-10-16)15-20-21(23(26)27-3)17(2)24(22(20)25)14-13-18-7-5-4-6-8-18/h7,9-12,15H,4-6,8,13-14H2,1-3H3/b20-15-. The summed E-state index contributed by atoms with van der Waals surface area (Å²) < 4.78 is 4.95. The maximum absolute atomic E-state index is 13.1. The minimum absolute atomic E-state index is 0.120. The predicted octanol–water partition coefficient (Wildman–Crippen LogP) is 4.56. The number of amides is 1. The maximum Gasteiger partial charge on any atom is 0.340 e. The lowest BCUT2D eigenvalue weighted by Crippen LogP contribution is -2.26. The molecular formula is C23H27NO3. The van der Waals surface area contributed by atoms with Crippen molar-refractivity contribution in [2.75, 3.05) is 13.7 Å². The van der Waals surface area contributed by atoms with Crippen molar-refractivity contribution in [1.82, 2.24) is 4.90 Å². The lowest BCUT2D eigenvalue weighted by molar-refractivity contribution is -0.136. The fraction of sp³-hybridized carbons (Fsp3) is 0.391. The van der Waals surface area contributed by atoms with E-state index in [1.807, 2.05) is 38.1 Å². The van der Waals surface area contributed by atoms with Gasteiger partial charge in [0, 0.05) is 12.2 Å². The van der Waals surface area contributed by atoms with Crippen LogP contribution in [0.15, 0.2) is 52.8 Å². The molecule has 1 aromatic carbocycles. The molecule has 0 saturated heterocycles. The minimum Gasteiger partial charge on any atom is -0.465 e. The molecule has 2 aliphatic rings. The fourth-order valence-corrected chi connectivity index (χ4v) is 3.71. The maximum atomic E-state index is 13.1. The van der Waals surface area contributed by atoms with Crippen LogP contribution < -0.4 is 0 Å². The number of allylic oxidation sites excluding steroid dienone is 2. The summed E-state index contributed by atoms with van der Waals surface area (Å²) >= 11 is 0. The van der Waals surface area contributed by atoms with Gasteiger partial charge in [-0.3, -0.25) is 4.79 Å². The van der Waals surface area contributed by atoms with E-state index in [1.54, 1.807) is 11.0 Å². The van der Waals surface area contributed by atoms with Crippen LogP contribution in [0.25, 0.3) is 6.08 Å². The molecule has 0 N–H and O–H groups in total. The van der Waals surface area contributed by atoms with Crippen LogP contribution in [-0.2, 0) is 14.3 Å². The van der Waals surface area contributed by atoms with E-state index in [9.17, 15) is 9.59 Å². The van der Waals surface area contributed by atoms with Crippen LogP contribution in [-0.4, -0.2) is 30.4 Å². The summed E-state index contributed by atoms with van der Waals surface area (Å²) in [5.74, 6) is -0.580. The molecule has 1 heterocycles. The lowest BCUT2D eigenvalue weighted by atomic mass is 9.97. The minimum atomic E-state index is -0.460. The van der Waals surface area contributed by atoms with Gasteiger partial charge >= 0.3 is 5.97 Å². The number of carbonyl (C=O) groups is 2. The highest BCUT2D eigenvalue weighted by molar-refractivity contribution is 6.16. The van der Waals surface area contributed by atoms with Gasteiger partial charge in [0.2, 0.25) is 0 Å².